The quantitative estimate of drug-likeness (QED) is 0.865. The molecule has 0 aromatic carbocycles. The molecular formula is C17H22N4O. The molecule has 1 amide bonds. The lowest BCUT2D eigenvalue weighted by atomic mass is 9.65. The molecule has 5 heteroatoms. The largest absolute Gasteiger partial charge is 0.368 e. The molecule has 2 aliphatic carbocycles. The van der Waals surface area contributed by atoms with Crippen molar-refractivity contribution in [2.75, 3.05) is 6.54 Å². The first-order chi connectivity index (χ1) is 10.4. The van der Waals surface area contributed by atoms with E-state index < -0.39 is 5.54 Å². The summed E-state index contributed by atoms with van der Waals surface area (Å²) in [6.07, 6.45) is 6.60. The molecular weight excluding hydrogens is 276 g/mol. The highest BCUT2D eigenvalue weighted by atomic mass is 16.2. The molecule has 0 radical (unpaired) electrons. The molecule has 4 bridgehead atoms. The zero-order valence-electron chi connectivity index (χ0n) is 13.1. The van der Waals surface area contributed by atoms with E-state index in [9.17, 15) is 4.79 Å². The number of hydrogen-bond acceptors (Lipinski definition) is 4. The van der Waals surface area contributed by atoms with E-state index in [4.69, 9.17) is 5.73 Å². The van der Waals surface area contributed by atoms with Gasteiger partial charge >= 0.3 is 0 Å². The molecule has 1 saturated heterocycles. The van der Waals surface area contributed by atoms with Crippen molar-refractivity contribution >= 4 is 12.1 Å². The Balaban J connectivity index is 1.74. The highest BCUT2D eigenvalue weighted by Crippen LogP contribution is 2.75. The Morgan fingerprint density at radius 3 is 2.95 bits per heavy atom. The summed E-state index contributed by atoms with van der Waals surface area (Å²) in [5.74, 6) is 0.366. The van der Waals surface area contributed by atoms with Crippen LogP contribution in [0.3, 0.4) is 0 Å². The number of piperidine rings is 1. The smallest absolute Gasteiger partial charge is 0.245 e. The average molecular weight is 298 g/mol. The molecule has 1 aliphatic heterocycles. The number of hydrogen-bond donors (Lipinski definition) is 1. The van der Waals surface area contributed by atoms with Crippen molar-refractivity contribution < 1.29 is 4.79 Å². The SMILES string of the molecule is C[C@@]12CC[C@@H]3C[C@@]1(C(N)=O)N(/N=C\c1ccccn1)C[C@@]32C. The van der Waals surface area contributed by atoms with Crippen molar-refractivity contribution in [1.29, 1.82) is 0 Å². The highest BCUT2D eigenvalue weighted by molar-refractivity contribution is 5.88. The topological polar surface area (TPSA) is 71.6 Å². The van der Waals surface area contributed by atoms with Crippen LogP contribution in [0.15, 0.2) is 29.5 Å². The van der Waals surface area contributed by atoms with Gasteiger partial charge in [-0.25, -0.2) is 0 Å². The summed E-state index contributed by atoms with van der Waals surface area (Å²) in [5, 5.41) is 6.58. The van der Waals surface area contributed by atoms with Crippen molar-refractivity contribution in [2.45, 2.75) is 38.6 Å². The molecule has 2 saturated carbocycles. The van der Waals surface area contributed by atoms with Crippen molar-refractivity contribution in [3.05, 3.63) is 30.1 Å². The standard InChI is InChI=1S/C17H22N4O/c1-15-11-21(20-10-13-5-3-4-8-19-13)17(14(18)22)9-12(15)6-7-16(15,17)2/h3-5,8,10,12H,6-7,9,11H2,1-2H3,(H2,18,22)/b20-10-/t12-,15+,16+,17+/m1/s1. The first-order valence-electron chi connectivity index (χ1n) is 7.97. The lowest BCUT2D eigenvalue weighted by molar-refractivity contribution is -0.135. The normalized spacial score (nSPS) is 42.5. The third-order valence-electron chi connectivity index (χ3n) is 6.95. The fourth-order valence-electron chi connectivity index (χ4n) is 5.47. The number of carbonyl (C=O) groups is 1. The summed E-state index contributed by atoms with van der Waals surface area (Å²) in [6, 6.07) is 5.71. The van der Waals surface area contributed by atoms with E-state index >= 15 is 0 Å². The number of rotatable bonds is 3. The lowest BCUT2D eigenvalue weighted by Crippen LogP contribution is -2.60. The molecule has 3 aliphatic rings. The third kappa shape index (κ3) is 1.33. The third-order valence-corrected chi connectivity index (χ3v) is 6.95. The Morgan fingerprint density at radius 1 is 1.50 bits per heavy atom. The van der Waals surface area contributed by atoms with Crippen LogP contribution in [0.2, 0.25) is 0 Å². The summed E-state index contributed by atoms with van der Waals surface area (Å²) >= 11 is 0. The number of aromatic nitrogens is 1. The van der Waals surface area contributed by atoms with E-state index in [1.807, 2.05) is 23.2 Å². The summed E-state index contributed by atoms with van der Waals surface area (Å²) in [5.41, 5.74) is 6.11. The van der Waals surface area contributed by atoms with Crippen LogP contribution in [0.5, 0.6) is 0 Å². The van der Waals surface area contributed by atoms with Gasteiger partial charge < -0.3 is 5.73 Å². The molecule has 4 rings (SSSR count). The van der Waals surface area contributed by atoms with Crippen LogP contribution in [0.25, 0.3) is 0 Å². The Hall–Kier alpha value is -1.91. The van der Waals surface area contributed by atoms with E-state index in [0.29, 0.717) is 5.92 Å². The van der Waals surface area contributed by atoms with Crippen molar-refractivity contribution in [3.63, 3.8) is 0 Å². The first kappa shape index (κ1) is 13.7. The van der Waals surface area contributed by atoms with Gasteiger partial charge in [-0.2, -0.15) is 5.10 Å². The Kier molecular flexibility index (Phi) is 2.55. The van der Waals surface area contributed by atoms with Gasteiger partial charge in [-0.3, -0.25) is 14.8 Å². The maximum Gasteiger partial charge on any atom is 0.245 e. The second kappa shape index (κ2) is 4.09. The molecule has 5 nitrogen and oxygen atoms in total. The van der Waals surface area contributed by atoms with Crippen LogP contribution in [-0.4, -0.2) is 34.2 Å². The summed E-state index contributed by atoms with van der Waals surface area (Å²) in [7, 11) is 0. The van der Waals surface area contributed by atoms with Crippen LogP contribution in [0.1, 0.15) is 38.8 Å². The highest BCUT2D eigenvalue weighted by Gasteiger charge is 2.80. The molecule has 0 spiro atoms. The van der Waals surface area contributed by atoms with Gasteiger partial charge in [-0.05, 0) is 42.7 Å². The maximum absolute atomic E-state index is 12.4. The fraction of sp³-hybridized carbons (Fsp3) is 0.588. The summed E-state index contributed by atoms with van der Waals surface area (Å²) in [6.45, 7) is 5.35. The number of nitrogens with zero attached hydrogens (tertiary/aromatic N) is 3. The molecule has 22 heavy (non-hydrogen) atoms. The molecule has 3 fully saturated rings. The van der Waals surface area contributed by atoms with Crippen LogP contribution in [0, 0.1) is 16.7 Å². The van der Waals surface area contributed by atoms with Gasteiger partial charge in [0.15, 0.2) is 0 Å². The monoisotopic (exact) mass is 298 g/mol. The van der Waals surface area contributed by atoms with Gasteiger partial charge in [-0.15, -0.1) is 0 Å². The fourth-order valence-corrected chi connectivity index (χ4v) is 5.47. The van der Waals surface area contributed by atoms with E-state index in [-0.39, 0.29) is 16.7 Å². The number of hydrazone groups is 1. The van der Waals surface area contributed by atoms with Crippen molar-refractivity contribution in [1.82, 2.24) is 9.99 Å². The zero-order chi connectivity index (χ0) is 15.6. The lowest BCUT2D eigenvalue weighted by Gasteiger charge is -2.44. The predicted octanol–water partition coefficient (Wildman–Crippen LogP) is 1.78. The second-order valence-corrected chi connectivity index (χ2v) is 7.47. The number of nitrogens with two attached hydrogens (primary N) is 1. The minimum atomic E-state index is -0.629. The Morgan fingerprint density at radius 2 is 2.32 bits per heavy atom. The molecule has 0 unspecified atom stereocenters. The number of carbonyl (C=O) groups excluding carboxylic acids is 1. The van der Waals surface area contributed by atoms with Gasteiger partial charge in [0.25, 0.3) is 0 Å². The van der Waals surface area contributed by atoms with Crippen molar-refractivity contribution in [3.8, 4) is 0 Å². The average Bonchev–Trinajstić information content (AvgIpc) is 2.95. The second-order valence-electron chi connectivity index (χ2n) is 7.47. The number of primary amides is 1. The minimum absolute atomic E-state index is 0.0715. The van der Waals surface area contributed by atoms with Gasteiger partial charge in [0.05, 0.1) is 11.9 Å². The van der Waals surface area contributed by atoms with Crippen LogP contribution in [-0.2, 0) is 4.79 Å². The molecule has 2 heterocycles. The van der Waals surface area contributed by atoms with Gasteiger partial charge in [0.1, 0.15) is 5.54 Å². The Labute approximate surface area is 130 Å². The minimum Gasteiger partial charge on any atom is -0.368 e. The molecule has 4 atom stereocenters. The number of amides is 1. The van der Waals surface area contributed by atoms with E-state index in [0.717, 1.165) is 25.1 Å². The van der Waals surface area contributed by atoms with E-state index in [2.05, 4.69) is 23.9 Å². The summed E-state index contributed by atoms with van der Waals surface area (Å²) in [4.78, 5) is 16.7. The Bertz CT molecular complexity index is 660. The molecule has 116 valence electrons. The molecule has 1 aromatic rings. The molecule has 2 N–H and O–H groups in total. The zero-order valence-corrected chi connectivity index (χ0v) is 13.1. The van der Waals surface area contributed by atoms with Crippen LogP contribution < -0.4 is 5.73 Å². The van der Waals surface area contributed by atoms with Crippen LogP contribution in [0.4, 0.5) is 0 Å². The van der Waals surface area contributed by atoms with E-state index in [1.165, 1.54) is 6.42 Å². The van der Waals surface area contributed by atoms with Crippen molar-refractivity contribution in [2.24, 2.45) is 27.6 Å². The van der Waals surface area contributed by atoms with E-state index in [1.54, 1.807) is 12.4 Å². The first-order valence-corrected chi connectivity index (χ1v) is 7.97. The van der Waals surface area contributed by atoms with Gasteiger partial charge in [0, 0.05) is 18.2 Å². The van der Waals surface area contributed by atoms with Gasteiger partial charge in [-0.1, -0.05) is 19.9 Å². The summed E-state index contributed by atoms with van der Waals surface area (Å²) < 4.78 is 0. The van der Waals surface area contributed by atoms with Crippen LogP contribution >= 0.6 is 0 Å². The molecule has 1 aromatic heterocycles. The number of pyridine rings is 1. The predicted molar refractivity (Wildman–Crippen MR) is 84.0 cm³/mol. The maximum atomic E-state index is 12.4. The van der Waals surface area contributed by atoms with Gasteiger partial charge in [0.2, 0.25) is 5.91 Å².